The summed E-state index contributed by atoms with van der Waals surface area (Å²) < 4.78 is 5.20. The van der Waals surface area contributed by atoms with E-state index in [2.05, 4.69) is 10.6 Å². The van der Waals surface area contributed by atoms with E-state index in [1.807, 2.05) is 30.3 Å². The Kier molecular flexibility index (Phi) is 4.21. The van der Waals surface area contributed by atoms with Gasteiger partial charge in [-0.1, -0.05) is 30.3 Å². The summed E-state index contributed by atoms with van der Waals surface area (Å²) >= 11 is 0. The molecule has 1 unspecified atom stereocenters. The Morgan fingerprint density at radius 1 is 1.27 bits per heavy atom. The van der Waals surface area contributed by atoms with E-state index in [4.69, 9.17) is 4.74 Å². The molecule has 118 valence electrons. The van der Waals surface area contributed by atoms with E-state index >= 15 is 0 Å². The van der Waals surface area contributed by atoms with Crippen LogP contribution in [0, 0.1) is 0 Å². The Morgan fingerprint density at radius 2 is 1.91 bits per heavy atom. The molecule has 0 radical (unpaired) electrons. The topological polar surface area (TPSA) is 84.5 Å². The smallest absolute Gasteiger partial charge is 0.408 e. The number of benzene rings is 1. The molecule has 1 heterocycles. The van der Waals surface area contributed by atoms with Crippen molar-refractivity contribution in [3.63, 3.8) is 0 Å². The van der Waals surface area contributed by atoms with Gasteiger partial charge in [-0.15, -0.1) is 0 Å². The number of hydrogen-bond donors (Lipinski definition) is 2. The lowest BCUT2D eigenvalue weighted by Gasteiger charge is -2.29. The van der Waals surface area contributed by atoms with Crippen LogP contribution >= 0.6 is 0 Å². The van der Waals surface area contributed by atoms with E-state index in [1.54, 1.807) is 20.8 Å². The van der Waals surface area contributed by atoms with Crippen molar-refractivity contribution in [3.05, 3.63) is 35.9 Å². The van der Waals surface area contributed by atoms with E-state index in [0.717, 1.165) is 5.56 Å². The highest BCUT2D eigenvalue weighted by Crippen LogP contribution is 2.23. The molecule has 6 heteroatoms. The highest BCUT2D eigenvalue weighted by atomic mass is 16.6. The van der Waals surface area contributed by atoms with E-state index in [1.165, 1.54) is 0 Å². The van der Waals surface area contributed by atoms with Crippen LogP contribution < -0.4 is 10.6 Å². The largest absolute Gasteiger partial charge is 0.444 e. The molecule has 0 aliphatic carbocycles. The number of rotatable bonds is 3. The maximum absolute atomic E-state index is 12.2. The predicted octanol–water partition coefficient (Wildman–Crippen LogP) is 1.54. The molecule has 3 amide bonds. The van der Waals surface area contributed by atoms with Gasteiger partial charge in [0.2, 0.25) is 5.91 Å². The number of imide groups is 1. The molecule has 1 fully saturated rings. The van der Waals surface area contributed by atoms with E-state index < -0.39 is 29.0 Å². The molecule has 0 spiro atoms. The van der Waals surface area contributed by atoms with Gasteiger partial charge in [0, 0.05) is 6.42 Å². The van der Waals surface area contributed by atoms with Gasteiger partial charge in [0.15, 0.2) is 0 Å². The molecule has 0 aromatic heterocycles. The number of nitrogens with one attached hydrogen (secondary N) is 2. The van der Waals surface area contributed by atoms with Crippen LogP contribution in [0.4, 0.5) is 4.79 Å². The normalized spacial score (nSPS) is 21.4. The minimum absolute atomic E-state index is 0.0973. The Hall–Kier alpha value is -2.37. The number of ether oxygens (including phenoxy) is 1. The van der Waals surface area contributed by atoms with Gasteiger partial charge in [-0.2, -0.15) is 0 Å². The molecule has 2 rings (SSSR count). The molecule has 1 aliphatic rings. The van der Waals surface area contributed by atoms with Crippen LogP contribution in [0.15, 0.2) is 30.3 Å². The van der Waals surface area contributed by atoms with Crippen molar-refractivity contribution in [1.29, 1.82) is 0 Å². The second-order valence-corrected chi connectivity index (χ2v) is 6.43. The molecule has 0 saturated carbocycles. The number of alkyl carbamates (subject to hydrolysis) is 1. The average molecular weight is 304 g/mol. The molecule has 1 aromatic rings. The van der Waals surface area contributed by atoms with Crippen LogP contribution in [0.1, 0.15) is 32.8 Å². The molecular formula is C16H20N2O4. The van der Waals surface area contributed by atoms with Crippen molar-refractivity contribution in [3.8, 4) is 0 Å². The second-order valence-electron chi connectivity index (χ2n) is 6.43. The standard InChI is InChI=1S/C16H20N2O4/c1-15(2,3)22-14(21)18-16(10-12(19)17-13(16)20)9-11-7-5-4-6-8-11/h4-8H,9-10H2,1-3H3,(H,18,21)(H,17,19,20). The van der Waals surface area contributed by atoms with Crippen molar-refractivity contribution >= 4 is 17.9 Å². The molecule has 1 saturated heterocycles. The van der Waals surface area contributed by atoms with E-state index in [0.29, 0.717) is 0 Å². The molecule has 1 aliphatic heterocycles. The highest BCUT2D eigenvalue weighted by Gasteiger charge is 2.48. The molecule has 6 nitrogen and oxygen atoms in total. The Balaban J connectivity index is 2.22. The van der Waals surface area contributed by atoms with Gasteiger partial charge in [0.1, 0.15) is 11.1 Å². The Labute approximate surface area is 129 Å². The third-order valence-corrected chi connectivity index (χ3v) is 3.24. The van der Waals surface area contributed by atoms with Crippen molar-refractivity contribution < 1.29 is 19.1 Å². The molecule has 1 aromatic carbocycles. The maximum Gasteiger partial charge on any atom is 0.408 e. The number of hydrogen-bond acceptors (Lipinski definition) is 4. The van der Waals surface area contributed by atoms with Crippen LogP contribution in [-0.2, 0) is 20.7 Å². The van der Waals surface area contributed by atoms with Gasteiger partial charge in [-0.3, -0.25) is 14.9 Å². The quantitative estimate of drug-likeness (QED) is 0.830. The first-order valence-corrected chi connectivity index (χ1v) is 7.10. The predicted molar refractivity (Wildman–Crippen MR) is 80.0 cm³/mol. The summed E-state index contributed by atoms with van der Waals surface area (Å²) in [6, 6.07) is 9.22. The summed E-state index contributed by atoms with van der Waals surface area (Å²) in [6.07, 6.45) is -0.585. The molecule has 2 N–H and O–H groups in total. The van der Waals surface area contributed by atoms with Crippen molar-refractivity contribution in [2.75, 3.05) is 0 Å². The molecule has 1 atom stereocenters. The molecular weight excluding hydrogens is 284 g/mol. The zero-order valence-electron chi connectivity index (χ0n) is 12.9. The summed E-state index contributed by atoms with van der Waals surface area (Å²) in [5, 5.41) is 4.83. The van der Waals surface area contributed by atoms with Gasteiger partial charge in [-0.25, -0.2) is 4.79 Å². The van der Waals surface area contributed by atoms with Gasteiger partial charge >= 0.3 is 6.09 Å². The lowest BCUT2D eigenvalue weighted by Crippen LogP contribution is -2.56. The Morgan fingerprint density at radius 3 is 2.41 bits per heavy atom. The fraction of sp³-hybridized carbons (Fsp3) is 0.438. The Bertz CT molecular complexity index is 592. The first-order valence-electron chi connectivity index (χ1n) is 7.10. The lowest BCUT2D eigenvalue weighted by atomic mass is 9.89. The highest BCUT2D eigenvalue weighted by molar-refractivity contribution is 6.09. The number of carbonyl (C=O) groups excluding carboxylic acids is 3. The van der Waals surface area contributed by atoms with Crippen LogP contribution in [0.3, 0.4) is 0 Å². The summed E-state index contributed by atoms with van der Waals surface area (Å²) in [6.45, 7) is 5.20. The third kappa shape index (κ3) is 3.84. The SMILES string of the molecule is CC(C)(C)OC(=O)NC1(Cc2ccccc2)CC(=O)NC1=O. The zero-order valence-corrected chi connectivity index (χ0v) is 12.9. The van der Waals surface area contributed by atoms with Crippen LogP contribution in [0.25, 0.3) is 0 Å². The van der Waals surface area contributed by atoms with E-state index in [-0.39, 0.29) is 12.8 Å². The van der Waals surface area contributed by atoms with Gasteiger partial charge in [0.05, 0.1) is 6.42 Å². The third-order valence-electron chi connectivity index (χ3n) is 3.24. The van der Waals surface area contributed by atoms with Crippen molar-refractivity contribution in [1.82, 2.24) is 10.6 Å². The summed E-state index contributed by atoms with van der Waals surface area (Å²) in [5.41, 5.74) is -1.14. The summed E-state index contributed by atoms with van der Waals surface area (Å²) in [5.74, 6) is -0.913. The number of carbonyl (C=O) groups is 3. The molecule has 0 bridgehead atoms. The van der Waals surface area contributed by atoms with Crippen LogP contribution in [0.2, 0.25) is 0 Å². The van der Waals surface area contributed by atoms with Crippen molar-refractivity contribution in [2.45, 2.75) is 44.8 Å². The zero-order chi connectivity index (χ0) is 16.4. The van der Waals surface area contributed by atoms with Gasteiger partial charge < -0.3 is 10.1 Å². The fourth-order valence-electron chi connectivity index (χ4n) is 2.38. The van der Waals surface area contributed by atoms with Gasteiger partial charge in [0.25, 0.3) is 5.91 Å². The van der Waals surface area contributed by atoms with Crippen molar-refractivity contribution in [2.24, 2.45) is 0 Å². The maximum atomic E-state index is 12.2. The fourth-order valence-corrected chi connectivity index (χ4v) is 2.38. The first-order chi connectivity index (χ1) is 10.2. The average Bonchev–Trinajstić information content (AvgIpc) is 2.62. The monoisotopic (exact) mass is 304 g/mol. The van der Waals surface area contributed by atoms with E-state index in [9.17, 15) is 14.4 Å². The van der Waals surface area contributed by atoms with Gasteiger partial charge in [-0.05, 0) is 26.3 Å². The van der Waals surface area contributed by atoms with Crippen LogP contribution in [0.5, 0.6) is 0 Å². The van der Waals surface area contributed by atoms with Crippen LogP contribution in [-0.4, -0.2) is 29.0 Å². The summed E-state index contributed by atoms with van der Waals surface area (Å²) in [7, 11) is 0. The first kappa shape index (κ1) is 16.0. The molecule has 22 heavy (non-hydrogen) atoms. The minimum Gasteiger partial charge on any atom is -0.444 e. The second kappa shape index (κ2) is 5.79. The lowest BCUT2D eigenvalue weighted by molar-refractivity contribution is -0.127. The number of amides is 3. The summed E-state index contributed by atoms with van der Waals surface area (Å²) in [4.78, 5) is 35.8. The minimum atomic E-state index is -1.30.